The van der Waals surface area contributed by atoms with E-state index in [0.717, 1.165) is 0 Å². The maximum atomic E-state index is 0. The summed E-state index contributed by atoms with van der Waals surface area (Å²) in [5.41, 5.74) is 0. The van der Waals surface area contributed by atoms with Gasteiger partial charge in [-0.1, -0.05) is 0 Å². The Labute approximate surface area is 54.2 Å². The van der Waals surface area contributed by atoms with E-state index in [0.29, 0.717) is 0 Å². The maximum Gasteiger partial charge on any atom is 4.00 e. The van der Waals surface area contributed by atoms with E-state index in [2.05, 4.69) is 0 Å². The fraction of sp³-hybridized carbons (Fsp3) is 0. The molecular weight excluding hydrogens is 178 g/mol. The molecule has 4 heavy (non-hydrogen) atoms. The summed E-state index contributed by atoms with van der Waals surface area (Å²) in [4.78, 5) is 0. The molecule has 0 aromatic rings. The molecule has 0 amide bonds. The molecule has 0 spiro atoms. The Hall–Kier alpha value is 1.32. The van der Waals surface area contributed by atoms with E-state index in [9.17, 15) is 0 Å². The molecule has 0 aliphatic heterocycles. The summed E-state index contributed by atoms with van der Waals surface area (Å²) in [6.07, 6.45) is 0. The van der Waals surface area contributed by atoms with Crippen LogP contribution < -0.4 is 0 Å². The van der Waals surface area contributed by atoms with E-state index in [1.165, 1.54) is 0 Å². The van der Waals surface area contributed by atoms with E-state index in [4.69, 9.17) is 0 Å². The van der Waals surface area contributed by atoms with Crippen LogP contribution in [0.5, 0.6) is 0 Å². The van der Waals surface area contributed by atoms with Crippen LogP contribution in [0.1, 0.15) is 0 Å². The zero-order valence-corrected chi connectivity index (χ0v) is 5.33. The number of hydrogen-bond donors (Lipinski definition) is 0. The summed E-state index contributed by atoms with van der Waals surface area (Å²) in [5.74, 6) is 0. The fourth-order valence-corrected chi connectivity index (χ4v) is 0. The summed E-state index contributed by atoms with van der Waals surface area (Å²) in [7, 11) is 0. The first kappa shape index (κ1) is 56.9. The van der Waals surface area contributed by atoms with Gasteiger partial charge in [-0.25, -0.2) is 0 Å². The molecule has 0 heterocycles. The van der Waals surface area contributed by atoms with Crippen molar-refractivity contribution >= 4 is 0 Å². The van der Waals surface area contributed by atoms with Gasteiger partial charge in [0.1, 0.15) is 0 Å². The maximum absolute atomic E-state index is 0. The predicted molar refractivity (Wildman–Crippen MR) is 1.37 cm³/mol. The van der Waals surface area contributed by atoms with Crippen LogP contribution >= 0.6 is 0 Å². The zero-order valence-electron chi connectivity index (χ0n) is 1.69. The second-order valence-electron chi connectivity index (χ2n) is 0. The second-order valence-corrected chi connectivity index (χ2v) is 0. The Bertz CT molecular complexity index is 6.00. The third-order valence-corrected chi connectivity index (χ3v) is 0. The van der Waals surface area contributed by atoms with Gasteiger partial charge < -0.3 is 11.0 Å². The molecule has 1 radical (unpaired) electrons. The number of rotatable bonds is 0. The normalized spacial score (nSPS) is 0. The Morgan fingerprint density at radius 2 is 0.750 bits per heavy atom. The van der Waals surface area contributed by atoms with Crippen LogP contribution in [0.2, 0.25) is 0 Å². The van der Waals surface area contributed by atoms with Crippen LogP contribution in [0.25, 0.3) is 0 Å². The summed E-state index contributed by atoms with van der Waals surface area (Å²) >= 11 is 0. The Morgan fingerprint density at radius 3 is 0.750 bits per heavy atom. The average molecular weight is 178 g/mol. The van der Waals surface area contributed by atoms with Crippen molar-refractivity contribution < 1.29 is 54.2 Å². The summed E-state index contributed by atoms with van der Waals surface area (Å²) < 4.78 is 0. The largest absolute Gasteiger partial charge is 4.00 e. The van der Waals surface area contributed by atoms with E-state index < -0.39 is 0 Å². The van der Waals surface area contributed by atoms with Gasteiger partial charge in [0.15, 0.2) is 0 Å². The standard InChI is InChI=1S/Mn.2O.Zr/q;2*-2;+4. The molecular formula is MnO2Zr. The van der Waals surface area contributed by atoms with Crippen molar-refractivity contribution in [2.45, 2.75) is 0 Å². The molecule has 0 aromatic heterocycles. The van der Waals surface area contributed by atoms with Gasteiger partial charge in [0.2, 0.25) is 0 Å². The average Bonchev–Trinajstić information content (AvgIpc) is 0. The topological polar surface area (TPSA) is 57.0 Å². The van der Waals surface area contributed by atoms with Gasteiger partial charge in [0.05, 0.1) is 0 Å². The second kappa shape index (κ2) is 27.3. The summed E-state index contributed by atoms with van der Waals surface area (Å²) in [5, 5.41) is 0. The summed E-state index contributed by atoms with van der Waals surface area (Å²) in [6.45, 7) is 0. The van der Waals surface area contributed by atoms with E-state index in [-0.39, 0.29) is 54.2 Å². The molecule has 0 aromatic carbocycles. The molecule has 0 atom stereocenters. The molecule has 2 nitrogen and oxygen atoms in total. The third kappa shape index (κ3) is 10.2. The van der Waals surface area contributed by atoms with Crippen molar-refractivity contribution in [3.8, 4) is 0 Å². The molecule has 0 aliphatic carbocycles. The smallest absolute Gasteiger partial charge is 2.00 e. The molecule has 23 valence electrons. The van der Waals surface area contributed by atoms with Crippen molar-refractivity contribution in [3.05, 3.63) is 0 Å². The van der Waals surface area contributed by atoms with Gasteiger partial charge in [0, 0.05) is 17.1 Å². The van der Waals surface area contributed by atoms with Crippen molar-refractivity contribution in [1.82, 2.24) is 0 Å². The molecule has 0 rings (SSSR count). The number of hydrogen-bond acceptors (Lipinski definition) is 0. The van der Waals surface area contributed by atoms with Crippen LogP contribution in [-0.4, -0.2) is 0 Å². The fourth-order valence-electron chi connectivity index (χ4n) is 0. The molecule has 4 heteroatoms. The van der Waals surface area contributed by atoms with Crippen LogP contribution in [-0.2, 0) is 54.2 Å². The Kier molecular flexibility index (Phi) is 388. The van der Waals surface area contributed by atoms with Crippen LogP contribution in [0.15, 0.2) is 0 Å². The van der Waals surface area contributed by atoms with Crippen molar-refractivity contribution in [2.75, 3.05) is 0 Å². The van der Waals surface area contributed by atoms with E-state index in [1.54, 1.807) is 0 Å². The van der Waals surface area contributed by atoms with Crippen molar-refractivity contribution in [3.63, 3.8) is 0 Å². The first-order valence-corrected chi connectivity index (χ1v) is 0. The predicted octanol–water partition coefficient (Wildman–Crippen LogP) is -0.243. The summed E-state index contributed by atoms with van der Waals surface area (Å²) in [6, 6.07) is 0. The molecule has 0 saturated carbocycles. The van der Waals surface area contributed by atoms with Crippen LogP contribution in [0, 0.1) is 0 Å². The first-order valence-electron chi connectivity index (χ1n) is 0. The molecule has 0 bridgehead atoms. The Balaban J connectivity index is 0. The van der Waals surface area contributed by atoms with E-state index >= 15 is 0 Å². The third-order valence-electron chi connectivity index (χ3n) is 0. The molecule has 0 unspecified atom stereocenters. The molecule has 0 fully saturated rings. The first-order chi connectivity index (χ1) is 0. The van der Waals surface area contributed by atoms with Crippen molar-refractivity contribution in [2.24, 2.45) is 0 Å². The van der Waals surface area contributed by atoms with Crippen LogP contribution in [0.3, 0.4) is 0 Å². The van der Waals surface area contributed by atoms with Gasteiger partial charge in [-0.05, 0) is 0 Å². The molecule has 0 saturated heterocycles. The minimum absolute atomic E-state index is 0. The molecule has 0 aliphatic rings. The quantitative estimate of drug-likeness (QED) is 0.459. The minimum atomic E-state index is 0. The van der Waals surface area contributed by atoms with Gasteiger partial charge >= 0.3 is 26.2 Å². The minimum Gasteiger partial charge on any atom is -2.00 e. The van der Waals surface area contributed by atoms with Crippen molar-refractivity contribution in [1.29, 1.82) is 0 Å². The van der Waals surface area contributed by atoms with Gasteiger partial charge in [-0.15, -0.1) is 0 Å². The van der Waals surface area contributed by atoms with Gasteiger partial charge in [-0.2, -0.15) is 0 Å². The van der Waals surface area contributed by atoms with Gasteiger partial charge in [-0.3, -0.25) is 0 Å². The van der Waals surface area contributed by atoms with Gasteiger partial charge in [0.25, 0.3) is 0 Å². The monoisotopic (exact) mass is 177 g/mol. The van der Waals surface area contributed by atoms with Crippen LogP contribution in [0.4, 0.5) is 0 Å². The SMILES string of the molecule is [Mn].[O-2].[O-2].[Zr+4]. The molecule has 0 N–H and O–H groups in total. The Morgan fingerprint density at radius 1 is 0.750 bits per heavy atom. The van der Waals surface area contributed by atoms with E-state index in [1.807, 2.05) is 0 Å². The zero-order chi connectivity index (χ0) is 0.